The second kappa shape index (κ2) is 7.44. The fourth-order valence-corrected chi connectivity index (χ4v) is 4.82. The van der Waals surface area contributed by atoms with Crippen molar-refractivity contribution in [3.63, 3.8) is 0 Å². The summed E-state index contributed by atoms with van der Waals surface area (Å²) >= 11 is 0. The van der Waals surface area contributed by atoms with Crippen molar-refractivity contribution in [1.29, 1.82) is 0 Å². The molecule has 0 spiro atoms. The lowest BCUT2D eigenvalue weighted by molar-refractivity contribution is -0.880. The molecular formula is C20H25N4O3S+. The molecule has 2 aliphatic rings. The van der Waals surface area contributed by atoms with Gasteiger partial charge in [0.25, 0.3) is 10.0 Å². The molecule has 0 aliphatic carbocycles. The maximum absolute atomic E-state index is 13.0. The number of carbonyl (C=O) groups excluding carboxylic acids is 1. The van der Waals surface area contributed by atoms with Crippen LogP contribution in [0.3, 0.4) is 0 Å². The molecule has 1 fully saturated rings. The molecule has 148 valence electrons. The van der Waals surface area contributed by atoms with Crippen LogP contribution in [0.5, 0.6) is 0 Å². The fourth-order valence-electron chi connectivity index (χ4n) is 3.70. The lowest BCUT2D eigenvalue weighted by Crippen LogP contribution is -3.12. The van der Waals surface area contributed by atoms with E-state index in [4.69, 9.17) is 0 Å². The van der Waals surface area contributed by atoms with Crippen molar-refractivity contribution < 1.29 is 18.1 Å². The average Bonchev–Trinajstić information content (AvgIpc) is 2.68. The van der Waals surface area contributed by atoms with Gasteiger partial charge >= 0.3 is 0 Å². The first-order valence-electron chi connectivity index (χ1n) is 9.53. The molecule has 2 aromatic rings. The summed E-state index contributed by atoms with van der Waals surface area (Å²) in [6.07, 6.45) is 0.920. The Hall–Kier alpha value is -2.58. The number of sulfonamides is 1. The zero-order chi connectivity index (χ0) is 19.7. The van der Waals surface area contributed by atoms with Gasteiger partial charge in [-0.2, -0.15) is 0 Å². The van der Waals surface area contributed by atoms with Crippen molar-refractivity contribution in [1.82, 2.24) is 0 Å². The topological polar surface area (TPSA) is 83.0 Å². The number of quaternary nitrogens is 1. The molecule has 0 atom stereocenters. The molecule has 1 amide bonds. The Morgan fingerprint density at radius 3 is 2.61 bits per heavy atom. The molecule has 2 heterocycles. The summed E-state index contributed by atoms with van der Waals surface area (Å²) in [5, 5.41) is 2.78. The van der Waals surface area contributed by atoms with Gasteiger partial charge in [-0.25, -0.2) is 8.42 Å². The standard InChI is InChI=1S/C20H24N4O3S/c1-23-10-12-24(13-11-23)19-5-3-2-4-18(19)22-28(26,27)16-7-8-17-15(14-16)6-9-20(25)21-17/h2-5,7-8,14,22H,6,9-13H2,1H3,(H,21,25)/p+1. The maximum Gasteiger partial charge on any atom is 0.261 e. The number of hydrogen-bond acceptors (Lipinski definition) is 4. The minimum absolute atomic E-state index is 0.0378. The van der Waals surface area contributed by atoms with Crippen molar-refractivity contribution >= 4 is 33.0 Å². The van der Waals surface area contributed by atoms with Crippen LogP contribution < -0.4 is 19.8 Å². The highest BCUT2D eigenvalue weighted by Gasteiger charge is 2.23. The number of fused-ring (bicyclic) bond motifs is 1. The third kappa shape index (κ3) is 3.83. The van der Waals surface area contributed by atoms with Crippen molar-refractivity contribution in [2.24, 2.45) is 0 Å². The number of piperazine rings is 1. The number of anilines is 3. The SMILES string of the molecule is C[NH+]1CCN(c2ccccc2NS(=O)(=O)c2ccc3c(c2)CCC(=O)N3)CC1. The van der Waals surface area contributed by atoms with Crippen molar-refractivity contribution in [3.8, 4) is 0 Å². The van der Waals surface area contributed by atoms with E-state index >= 15 is 0 Å². The summed E-state index contributed by atoms with van der Waals surface area (Å²) in [5.74, 6) is -0.0378. The van der Waals surface area contributed by atoms with Gasteiger partial charge in [0.05, 0.1) is 49.5 Å². The Kier molecular flexibility index (Phi) is 4.99. The van der Waals surface area contributed by atoms with E-state index in [2.05, 4.69) is 22.0 Å². The number of nitrogens with zero attached hydrogens (tertiary/aromatic N) is 1. The monoisotopic (exact) mass is 401 g/mol. The van der Waals surface area contributed by atoms with Gasteiger partial charge in [0.2, 0.25) is 5.91 Å². The van der Waals surface area contributed by atoms with E-state index in [1.165, 1.54) is 11.0 Å². The highest BCUT2D eigenvalue weighted by atomic mass is 32.2. The van der Waals surface area contributed by atoms with Crippen molar-refractivity contribution in [3.05, 3.63) is 48.0 Å². The lowest BCUT2D eigenvalue weighted by atomic mass is 10.0. The molecule has 8 heteroatoms. The van der Waals surface area contributed by atoms with Gasteiger partial charge in [-0.15, -0.1) is 0 Å². The molecule has 2 aromatic carbocycles. The number of amides is 1. The number of rotatable bonds is 4. The first-order chi connectivity index (χ1) is 13.4. The summed E-state index contributed by atoms with van der Waals surface area (Å²) in [5.41, 5.74) is 3.03. The van der Waals surface area contributed by atoms with Crippen LogP contribution in [0.4, 0.5) is 17.1 Å². The molecule has 7 nitrogen and oxygen atoms in total. The third-order valence-electron chi connectivity index (χ3n) is 5.39. The van der Waals surface area contributed by atoms with Gasteiger partial charge in [0.15, 0.2) is 0 Å². The number of hydrogen-bond donors (Lipinski definition) is 3. The van der Waals surface area contributed by atoms with E-state index in [1.807, 2.05) is 18.2 Å². The van der Waals surface area contributed by atoms with Gasteiger partial charge in [-0.3, -0.25) is 9.52 Å². The molecule has 2 aliphatic heterocycles. The average molecular weight is 402 g/mol. The Balaban J connectivity index is 1.60. The predicted octanol–water partition coefficient (Wildman–Crippen LogP) is 0.707. The molecule has 4 rings (SSSR count). The highest BCUT2D eigenvalue weighted by molar-refractivity contribution is 7.92. The summed E-state index contributed by atoms with van der Waals surface area (Å²) in [6.45, 7) is 3.83. The third-order valence-corrected chi connectivity index (χ3v) is 6.75. The zero-order valence-electron chi connectivity index (χ0n) is 15.9. The Morgan fingerprint density at radius 2 is 1.82 bits per heavy atom. The molecular weight excluding hydrogens is 376 g/mol. The maximum atomic E-state index is 13.0. The molecule has 0 bridgehead atoms. The number of para-hydroxylation sites is 2. The largest absolute Gasteiger partial charge is 0.359 e. The van der Waals surface area contributed by atoms with E-state index < -0.39 is 10.0 Å². The van der Waals surface area contributed by atoms with Gasteiger partial charge < -0.3 is 15.1 Å². The van der Waals surface area contributed by atoms with Crippen LogP contribution in [0.25, 0.3) is 0 Å². The number of carbonyl (C=O) groups is 1. The lowest BCUT2D eigenvalue weighted by Gasteiger charge is -2.33. The summed E-state index contributed by atoms with van der Waals surface area (Å²) in [4.78, 5) is 15.4. The first kappa shape index (κ1) is 18.8. The molecule has 0 saturated carbocycles. The minimum Gasteiger partial charge on any atom is -0.359 e. The number of nitrogens with one attached hydrogen (secondary N) is 3. The summed E-state index contributed by atoms with van der Waals surface area (Å²) in [6, 6.07) is 12.4. The molecule has 28 heavy (non-hydrogen) atoms. The molecule has 0 unspecified atom stereocenters. The van der Waals surface area contributed by atoms with Crippen LogP contribution in [0.2, 0.25) is 0 Å². The molecule has 0 radical (unpaired) electrons. The number of benzene rings is 2. The van der Waals surface area contributed by atoms with Crippen LogP contribution in [0.15, 0.2) is 47.4 Å². The first-order valence-corrected chi connectivity index (χ1v) is 11.0. The fraction of sp³-hybridized carbons (Fsp3) is 0.350. The summed E-state index contributed by atoms with van der Waals surface area (Å²) < 4.78 is 28.8. The molecule has 1 saturated heterocycles. The molecule has 0 aromatic heterocycles. The smallest absolute Gasteiger partial charge is 0.261 e. The van der Waals surface area contributed by atoms with Gasteiger partial charge in [-0.05, 0) is 42.3 Å². The van der Waals surface area contributed by atoms with E-state index in [0.29, 0.717) is 24.2 Å². The van der Waals surface area contributed by atoms with Crippen LogP contribution in [0, 0.1) is 0 Å². The highest BCUT2D eigenvalue weighted by Crippen LogP contribution is 2.30. The van der Waals surface area contributed by atoms with Crippen LogP contribution in [-0.2, 0) is 21.2 Å². The Bertz CT molecular complexity index is 998. The second-order valence-corrected chi connectivity index (χ2v) is 9.12. The van der Waals surface area contributed by atoms with Gasteiger partial charge in [0, 0.05) is 12.1 Å². The van der Waals surface area contributed by atoms with Gasteiger partial charge in [-0.1, -0.05) is 12.1 Å². The van der Waals surface area contributed by atoms with Crippen LogP contribution >= 0.6 is 0 Å². The Morgan fingerprint density at radius 1 is 1.07 bits per heavy atom. The van der Waals surface area contributed by atoms with Crippen LogP contribution in [0.1, 0.15) is 12.0 Å². The quantitative estimate of drug-likeness (QED) is 0.705. The zero-order valence-corrected chi connectivity index (χ0v) is 16.7. The van der Waals surface area contributed by atoms with Crippen LogP contribution in [-0.4, -0.2) is 47.6 Å². The predicted molar refractivity (Wildman–Crippen MR) is 109 cm³/mol. The van der Waals surface area contributed by atoms with E-state index in [9.17, 15) is 13.2 Å². The normalized spacial score (nSPS) is 17.8. The second-order valence-electron chi connectivity index (χ2n) is 7.43. The number of likely N-dealkylation sites (N-methyl/N-ethyl adjacent to an activating group) is 1. The van der Waals surface area contributed by atoms with Crippen molar-refractivity contribution in [2.45, 2.75) is 17.7 Å². The van der Waals surface area contributed by atoms with Crippen molar-refractivity contribution in [2.75, 3.05) is 48.2 Å². The Labute approximate surface area is 165 Å². The summed E-state index contributed by atoms with van der Waals surface area (Å²) in [7, 11) is -1.56. The minimum atomic E-state index is -3.73. The number of aryl methyl sites for hydroxylation is 1. The van der Waals surface area contributed by atoms with E-state index in [0.717, 1.165) is 37.4 Å². The molecule has 3 N–H and O–H groups in total. The van der Waals surface area contributed by atoms with Gasteiger partial charge in [0.1, 0.15) is 0 Å². The van der Waals surface area contributed by atoms with E-state index in [-0.39, 0.29) is 10.8 Å². The van der Waals surface area contributed by atoms with E-state index in [1.54, 1.807) is 18.2 Å².